The Bertz CT molecular complexity index is 339. The molecule has 0 amide bonds. The van der Waals surface area contributed by atoms with Gasteiger partial charge in [0.2, 0.25) is 0 Å². The SMILES string of the molecule is O=[N+]([O-])c1cccnc1C=CCS. The second-order valence-electron chi connectivity index (χ2n) is 2.25. The number of hydrogen-bond acceptors (Lipinski definition) is 4. The van der Waals surface area contributed by atoms with Crippen molar-refractivity contribution in [2.24, 2.45) is 0 Å². The van der Waals surface area contributed by atoms with Gasteiger partial charge in [-0.3, -0.25) is 10.1 Å². The lowest BCUT2D eigenvalue weighted by molar-refractivity contribution is -0.385. The maximum atomic E-state index is 10.5. The average molecular weight is 196 g/mol. The fourth-order valence-electron chi connectivity index (χ4n) is 0.856. The van der Waals surface area contributed by atoms with Crippen molar-refractivity contribution >= 4 is 24.4 Å². The zero-order chi connectivity index (χ0) is 9.68. The summed E-state index contributed by atoms with van der Waals surface area (Å²) in [5.74, 6) is 0.535. The van der Waals surface area contributed by atoms with E-state index in [0.29, 0.717) is 11.4 Å². The van der Waals surface area contributed by atoms with Gasteiger partial charge < -0.3 is 0 Å². The molecule has 0 N–H and O–H groups in total. The molecular formula is C8H8N2O2S. The standard InChI is InChI=1S/C8H8N2O2S/c11-10(12)8-4-1-5-9-7(8)3-2-6-13/h1-5,13H,6H2. The molecule has 0 aliphatic rings. The monoisotopic (exact) mass is 196 g/mol. The van der Waals surface area contributed by atoms with Gasteiger partial charge in [0.1, 0.15) is 5.69 Å². The summed E-state index contributed by atoms with van der Waals surface area (Å²) in [6.45, 7) is 0. The van der Waals surface area contributed by atoms with Crippen LogP contribution in [0.25, 0.3) is 6.08 Å². The Morgan fingerprint density at radius 1 is 1.69 bits per heavy atom. The normalized spacial score (nSPS) is 10.5. The molecule has 1 heterocycles. The second kappa shape index (κ2) is 4.61. The highest BCUT2D eigenvalue weighted by Gasteiger charge is 2.10. The number of rotatable bonds is 3. The third kappa shape index (κ3) is 2.55. The van der Waals surface area contributed by atoms with Crippen molar-refractivity contribution in [2.45, 2.75) is 0 Å². The van der Waals surface area contributed by atoms with E-state index in [2.05, 4.69) is 17.6 Å². The first-order valence-corrected chi connectivity index (χ1v) is 4.25. The highest BCUT2D eigenvalue weighted by molar-refractivity contribution is 7.80. The number of aromatic nitrogens is 1. The number of hydrogen-bond donors (Lipinski definition) is 1. The van der Waals surface area contributed by atoms with Crippen LogP contribution in [0.2, 0.25) is 0 Å². The van der Waals surface area contributed by atoms with Crippen molar-refractivity contribution in [1.82, 2.24) is 4.98 Å². The van der Waals surface area contributed by atoms with Crippen molar-refractivity contribution < 1.29 is 4.92 Å². The summed E-state index contributed by atoms with van der Waals surface area (Å²) in [6, 6.07) is 2.96. The van der Waals surface area contributed by atoms with Crippen molar-refractivity contribution in [1.29, 1.82) is 0 Å². The van der Waals surface area contributed by atoms with Crippen LogP contribution in [0.5, 0.6) is 0 Å². The van der Waals surface area contributed by atoms with Gasteiger partial charge in [0, 0.05) is 18.0 Å². The fraction of sp³-hybridized carbons (Fsp3) is 0.125. The molecule has 0 atom stereocenters. The molecule has 68 valence electrons. The van der Waals surface area contributed by atoms with Gasteiger partial charge >= 0.3 is 0 Å². The molecule has 0 saturated heterocycles. The van der Waals surface area contributed by atoms with Crippen LogP contribution in [0.4, 0.5) is 5.69 Å². The van der Waals surface area contributed by atoms with Crippen LogP contribution in [-0.4, -0.2) is 15.7 Å². The molecular weight excluding hydrogens is 188 g/mol. The number of nitrogens with zero attached hydrogens (tertiary/aromatic N) is 2. The van der Waals surface area contributed by atoms with Gasteiger partial charge in [-0.1, -0.05) is 6.08 Å². The molecule has 13 heavy (non-hydrogen) atoms. The number of thiol groups is 1. The molecule has 0 saturated carbocycles. The maximum Gasteiger partial charge on any atom is 0.294 e. The van der Waals surface area contributed by atoms with E-state index < -0.39 is 4.92 Å². The van der Waals surface area contributed by atoms with E-state index in [9.17, 15) is 10.1 Å². The van der Waals surface area contributed by atoms with E-state index in [-0.39, 0.29) is 5.69 Å². The first-order chi connectivity index (χ1) is 6.25. The molecule has 0 aromatic carbocycles. The molecule has 1 rings (SSSR count). The molecule has 0 radical (unpaired) electrons. The first kappa shape index (κ1) is 9.73. The predicted molar refractivity (Wildman–Crippen MR) is 53.8 cm³/mol. The Hall–Kier alpha value is -1.36. The maximum absolute atomic E-state index is 10.5. The quantitative estimate of drug-likeness (QED) is 0.456. The zero-order valence-electron chi connectivity index (χ0n) is 6.75. The topological polar surface area (TPSA) is 56.0 Å². The molecule has 0 aliphatic carbocycles. The van der Waals surface area contributed by atoms with E-state index >= 15 is 0 Å². The summed E-state index contributed by atoms with van der Waals surface area (Å²) >= 11 is 3.95. The Balaban J connectivity index is 3.05. The van der Waals surface area contributed by atoms with E-state index in [1.54, 1.807) is 12.2 Å². The molecule has 5 heteroatoms. The predicted octanol–water partition coefficient (Wildman–Crippen LogP) is 1.93. The third-order valence-corrected chi connectivity index (χ3v) is 1.60. The lowest BCUT2D eigenvalue weighted by Crippen LogP contribution is -1.93. The summed E-state index contributed by atoms with van der Waals surface area (Å²) in [5.41, 5.74) is 0.377. The summed E-state index contributed by atoms with van der Waals surface area (Å²) in [5, 5.41) is 10.5. The van der Waals surface area contributed by atoms with Gasteiger partial charge in [-0.15, -0.1) is 0 Å². The average Bonchev–Trinajstić information content (AvgIpc) is 2.15. The zero-order valence-corrected chi connectivity index (χ0v) is 7.65. The van der Waals surface area contributed by atoms with Gasteiger partial charge in [-0.05, 0) is 12.1 Å². The largest absolute Gasteiger partial charge is 0.294 e. The van der Waals surface area contributed by atoms with Crippen LogP contribution in [0, 0.1) is 10.1 Å². The van der Waals surface area contributed by atoms with Crippen LogP contribution < -0.4 is 0 Å². The van der Waals surface area contributed by atoms with E-state index in [4.69, 9.17) is 0 Å². The molecule has 0 unspecified atom stereocenters. The lowest BCUT2D eigenvalue weighted by atomic mass is 10.3. The van der Waals surface area contributed by atoms with Gasteiger partial charge in [-0.2, -0.15) is 12.6 Å². The van der Waals surface area contributed by atoms with Gasteiger partial charge in [0.15, 0.2) is 0 Å². The molecule has 0 spiro atoms. The van der Waals surface area contributed by atoms with E-state index in [0.717, 1.165) is 0 Å². The highest BCUT2D eigenvalue weighted by Crippen LogP contribution is 2.15. The minimum atomic E-state index is -0.453. The molecule has 0 fully saturated rings. The lowest BCUT2D eigenvalue weighted by Gasteiger charge is -1.94. The summed E-state index contributed by atoms with van der Waals surface area (Å²) < 4.78 is 0. The minimum Gasteiger partial charge on any atom is -0.258 e. The Labute approximate surface area is 80.9 Å². The molecule has 4 nitrogen and oxygen atoms in total. The summed E-state index contributed by atoms with van der Waals surface area (Å²) in [4.78, 5) is 13.9. The van der Waals surface area contributed by atoms with Gasteiger partial charge in [0.05, 0.1) is 4.92 Å². The number of nitro groups is 1. The third-order valence-electron chi connectivity index (χ3n) is 1.39. The first-order valence-electron chi connectivity index (χ1n) is 3.62. The minimum absolute atomic E-state index is 0.0144. The van der Waals surface area contributed by atoms with E-state index in [1.165, 1.54) is 18.3 Å². The van der Waals surface area contributed by atoms with E-state index in [1.807, 2.05) is 0 Å². The molecule has 0 bridgehead atoms. The van der Waals surface area contributed by atoms with Crippen molar-refractivity contribution in [3.05, 3.63) is 40.2 Å². The van der Waals surface area contributed by atoms with Crippen LogP contribution in [-0.2, 0) is 0 Å². The molecule has 1 aromatic heterocycles. The Morgan fingerprint density at radius 2 is 2.46 bits per heavy atom. The number of pyridine rings is 1. The van der Waals surface area contributed by atoms with Crippen molar-refractivity contribution in [3.63, 3.8) is 0 Å². The van der Waals surface area contributed by atoms with Gasteiger partial charge in [0.25, 0.3) is 5.69 Å². The Kier molecular flexibility index (Phi) is 3.45. The second-order valence-corrected chi connectivity index (χ2v) is 2.61. The van der Waals surface area contributed by atoms with Crippen LogP contribution in [0.3, 0.4) is 0 Å². The molecule has 1 aromatic rings. The van der Waals surface area contributed by atoms with Crippen molar-refractivity contribution in [3.8, 4) is 0 Å². The summed E-state index contributed by atoms with van der Waals surface area (Å²) in [7, 11) is 0. The van der Waals surface area contributed by atoms with Crippen LogP contribution >= 0.6 is 12.6 Å². The Morgan fingerprint density at radius 3 is 3.08 bits per heavy atom. The fourth-order valence-corrected chi connectivity index (χ4v) is 0.962. The van der Waals surface area contributed by atoms with Crippen molar-refractivity contribution in [2.75, 3.05) is 5.75 Å². The highest BCUT2D eigenvalue weighted by atomic mass is 32.1. The van der Waals surface area contributed by atoms with Crippen LogP contribution in [0.15, 0.2) is 24.4 Å². The van der Waals surface area contributed by atoms with Gasteiger partial charge in [-0.25, -0.2) is 4.98 Å². The summed E-state index contributed by atoms with van der Waals surface area (Å²) in [6.07, 6.45) is 4.81. The smallest absolute Gasteiger partial charge is 0.258 e. The van der Waals surface area contributed by atoms with Crippen LogP contribution in [0.1, 0.15) is 5.69 Å². The molecule has 0 aliphatic heterocycles.